The predicted octanol–water partition coefficient (Wildman–Crippen LogP) is 4.89. The average molecular weight is 431 g/mol. The lowest BCUT2D eigenvalue weighted by Crippen LogP contribution is -2.19. The van der Waals surface area contributed by atoms with Crippen LogP contribution < -0.4 is 5.43 Å². The van der Waals surface area contributed by atoms with Crippen LogP contribution in [0.2, 0.25) is 0 Å². The normalized spacial score (nSPS) is 11.6. The highest BCUT2D eigenvalue weighted by atomic mass is 32.2. The van der Waals surface area contributed by atoms with E-state index in [2.05, 4.69) is 52.3 Å². The number of aromatic nitrogens is 2. The van der Waals surface area contributed by atoms with Crippen molar-refractivity contribution in [3.8, 4) is 0 Å². The zero-order valence-electron chi connectivity index (χ0n) is 17.1. The Morgan fingerprint density at radius 3 is 2.81 bits per heavy atom. The molecule has 0 atom stereocenters. The molecule has 0 aliphatic rings. The van der Waals surface area contributed by atoms with Crippen molar-refractivity contribution >= 4 is 41.0 Å². The summed E-state index contributed by atoms with van der Waals surface area (Å²) in [6, 6.07) is 20.1. The van der Waals surface area contributed by atoms with E-state index in [9.17, 15) is 4.79 Å². The van der Waals surface area contributed by atoms with Gasteiger partial charge in [0.1, 0.15) is 5.76 Å². The number of nitrogens with one attached hydrogen (secondary N) is 1. The number of rotatable bonds is 8. The molecule has 0 saturated heterocycles. The molecule has 156 valence electrons. The number of hydrazone groups is 1. The monoisotopic (exact) mass is 430 g/mol. The molecule has 0 aliphatic heterocycles. The van der Waals surface area contributed by atoms with Gasteiger partial charge in [0.15, 0.2) is 5.16 Å². The Bertz CT molecular complexity index is 1210. The molecule has 0 spiro atoms. The maximum absolute atomic E-state index is 12.2. The summed E-state index contributed by atoms with van der Waals surface area (Å²) >= 11 is 1.40. The molecule has 1 amide bonds. The molecule has 2 heterocycles. The molecular formula is C24H22N4O2S. The van der Waals surface area contributed by atoms with Gasteiger partial charge in [-0.1, -0.05) is 53.7 Å². The zero-order valence-corrected chi connectivity index (χ0v) is 17.9. The largest absolute Gasteiger partial charge is 0.465 e. The minimum atomic E-state index is -0.193. The van der Waals surface area contributed by atoms with Crippen molar-refractivity contribution in [2.24, 2.45) is 5.10 Å². The Morgan fingerprint density at radius 2 is 2.00 bits per heavy atom. The van der Waals surface area contributed by atoms with Crippen LogP contribution in [-0.2, 0) is 11.3 Å². The van der Waals surface area contributed by atoms with Gasteiger partial charge in [-0.15, -0.1) is 0 Å². The molecule has 1 N–H and O–H groups in total. The van der Waals surface area contributed by atoms with Crippen molar-refractivity contribution in [1.82, 2.24) is 15.0 Å². The number of carbonyl (C=O) groups excluding carboxylic acids is 1. The number of aryl methyl sites for hydroxylation is 1. The summed E-state index contributed by atoms with van der Waals surface area (Å²) in [5, 5.41) is 4.73. The second-order valence-corrected chi connectivity index (χ2v) is 7.87. The van der Waals surface area contributed by atoms with Crippen LogP contribution in [0.5, 0.6) is 0 Å². The summed E-state index contributed by atoms with van der Waals surface area (Å²) in [6.07, 6.45) is 6.57. The molecule has 4 aromatic rings. The number of nitrogens with zero attached hydrogens (tertiary/aromatic N) is 3. The first-order valence-corrected chi connectivity index (χ1v) is 10.8. The van der Waals surface area contributed by atoms with Gasteiger partial charge in [0.05, 0.1) is 29.6 Å². The molecule has 31 heavy (non-hydrogen) atoms. The first-order valence-electron chi connectivity index (χ1n) is 9.85. The van der Waals surface area contributed by atoms with E-state index >= 15 is 0 Å². The van der Waals surface area contributed by atoms with Gasteiger partial charge in [0, 0.05) is 6.21 Å². The number of furan rings is 1. The maximum Gasteiger partial charge on any atom is 0.250 e. The Balaban J connectivity index is 1.40. The van der Waals surface area contributed by atoms with Crippen LogP contribution in [0.25, 0.3) is 17.1 Å². The highest BCUT2D eigenvalue weighted by molar-refractivity contribution is 7.99. The van der Waals surface area contributed by atoms with Crippen LogP contribution in [0, 0.1) is 6.92 Å². The van der Waals surface area contributed by atoms with Crippen LogP contribution >= 0.6 is 11.8 Å². The van der Waals surface area contributed by atoms with Crippen molar-refractivity contribution in [3.63, 3.8) is 0 Å². The fourth-order valence-electron chi connectivity index (χ4n) is 3.03. The average Bonchev–Trinajstić information content (AvgIpc) is 3.42. The van der Waals surface area contributed by atoms with Crippen molar-refractivity contribution < 1.29 is 9.21 Å². The summed E-state index contributed by atoms with van der Waals surface area (Å²) in [5.74, 6) is 0.749. The van der Waals surface area contributed by atoms with E-state index in [0.29, 0.717) is 6.54 Å². The Kier molecular flexibility index (Phi) is 6.64. The van der Waals surface area contributed by atoms with E-state index < -0.39 is 0 Å². The highest BCUT2D eigenvalue weighted by Crippen LogP contribution is 2.25. The molecule has 0 radical (unpaired) electrons. The standard InChI is InChI=1S/C24H22N4O2S/c1-18-10-12-19(13-11-18)16-28-22-9-3-2-8-21(22)26-24(28)31-17-23(29)27-25-14-4-6-20-7-5-15-30-20/h2-15H,16-17H2,1H3,(H,27,29)/b6-4-,25-14-. The van der Waals surface area contributed by atoms with E-state index in [1.807, 2.05) is 30.3 Å². The van der Waals surface area contributed by atoms with Crippen LogP contribution in [0.3, 0.4) is 0 Å². The Morgan fingerprint density at radius 1 is 1.16 bits per heavy atom. The molecule has 2 aromatic heterocycles. The number of imidazole rings is 1. The Labute approximate surface area is 184 Å². The van der Waals surface area contributed by atoms with Gasteiger partial charge in [-0.25, -0.2) is 10.4 Å². The van der Waals surface area contributed by atoms with Crippen molar-refractivity contribution in [3.05, 3.63) is 89.9 Å². The van der Waals surface area contributed by atoms with E-state index in [1.54, 1.807) is 18.4 Å². The van der Waals surface area contributed by atoms with Gasteiger partial charge in [0.2, 0.25) is 0 Å². The lowest BCUT2D eigenvalue weighted by molar-refractivity contribution is -0.118. The lowest BCUT2D eigenvalue weighted by Gasteiger charge is -2.09. The van der Waals surface area contributed by atoms with E-state index in [0.717, 1.165) is 22.0 Å². The lowest BCUT2D eigenvalue weighted by atomic mass is 10.1. The molecule has 0 bridgehead atoms. The third kappa shape index (κ3) is 5.52. The summed E-state index contributed by atoms with van der Waals surface area (Å²) in [5.41, 5.74) is 6.91. The quantitative estimate of drug-likeness (QED) is 0.245. The number of amides is 1. The van der Waals surface area contributed by atoms with Gasteiger partial charge in [-0.2, -0.15) is 5.10 Å². The molecule has 0 saturated carbocycles. The number of hydrogen-bond donors (Lipinski definition) is 1. The van der Waals surface area contributed by atoms with E-state index in [4.69, 9.17) is 9.40 Å². The molecule has 0 unspecified atom stereocenters. The van der Waals surface area contributed by atoms with Crippen molar-refractivity contribution in [1.29, 1.82) is 0 Å². The minimum absolute atomic E-state index is 0.193. The third-order valence-electron chi connectivity index (χ3n) is 4.57. The molecule has 2 aromatic carbocycles. The molecule has 7 heteroatoms. The maximum atomic E-state index is 12.2. The topological polar surface area (TPSA) is 72.4 Å². The number of carbonyl (C=O) groups is 1. The molecular weight excluding hydrogens is 408 g/mol. The fraction of sp³-hybridized carbons (Fsp3) is 0.125. The number of fused-ring (bicyclic) bond motifs is 1. The van der Waals surface area contributed by atoms with Gasteiger partial charge in [-0.3, -0.25) is 4.79 Å². The summed E-state index contributed by atoms with van der Waals surface area (Å²) < 4.78 is 7.33. The summed E-state index contributed by atoms with van der Waals surface area (Å²) in [7, 11) is 0. The first kappa shape index (κ1) is 20.7. The van der Waals surface area contributed by atoms with Gasteiger partial charge in [0.25, 0.3) is 5.91 Å². The molecule has 0 fully saturated rings. The number of benzene rings is 2. The van der Waals surface area contributed by atoms with Crippen molar-refractivity contribution in [2.75, 3.05) is 5.75 Å². The summed E-state index contributed by atoms with van der Waals surface area (Å²) in [6.45, 7) is 2.77. The zero-order chi connectivity index (χ0) is 21.5. The Hall–Kier alpha value is -3.58. The second-order valence-electron chi connectivity index (χ2n) is 6.93. The van der Waals surface area contributed by atoms with Gasteiger partial charge >= 0.3 is 0 Å². The highest BCUT2D eigenvalue weighted by Gasteiger charge is 2.13. The fourth-order valence-corrected chi connectivity index (χ4v) is 3.84. The first-order chi connectivity index (χ1) is 15.2. The van der Waals surface area contributed by atoms with Crippen LogP contribution in [-0.4, -0.2) is 27.4 Å². The third-order valence-corrected chi connectivity index (χ3v) is 5.54. The van der Waals surface area contributed by atoms with Gasteiger partial charge in [-0.05, 0) is 48.9 Å². The number of hydrogen-bond acceptors (Lipinski definition) is 5. The number of para-hydroxylation sites is 2. The second kappa shape index (κ2) is 9.95. The molecule has 0 aliphatic carbocycles. The van der Waals surface area contributed by atoms with E-state index in [1.165, 1.54) is 29.1 Å². The summed E-state index contributed by atoms with van der Waals surface area (Å²) in [4.78, 5) is 16.9. The van der Waals surface area contributed by atoms with Crippen molar-refractivity contribution in [2.45, 2.75) is 18.6 Å². The number of allylic oxidation sites excluding steroid dienone is 1. The van der Waals surface area contributed by atoms with Crippen LogP contribution in [0.4, 0.5) is 0 Å². The van der Waals surface area contributed by atoms with Crippen LogP contribution in [0.1, 0.15) is 16.9 Å². The number of thioether (sulfide) groups is 1. The van der Waals surface area contributed by atoms with Crippen LogP contribution in [0.15, 0.2) is 87.7 Å². The van der Waals surface area contributed by atoms with E-state index in [-0.39, 0.29) is 11.7 Å². The van der Waals surface area contributed by atoms with Gasteiger partial charge < -0.3 is 8.98 Å². The SMILES string of the molecule is Cc1ccc(Cn2c(SCC(=O)N/N=C\C=C/c3ccco3)nc3ccccc32)cc1. The minimum Gasteiger partial charge on any atom is -0.465 e. The molecule has 4 rings (SSSR count). The smallest absolute Gasteiger partial charge is 0.250 e. The predicted molar refractivity (Wildman–Crippen MR) is 125 cm³/mol. The molecule has 6 nitrogen and oxygen atoms in total.